The van der Waals surface area contributed by atoms with Crippen molar-refractivity contribution in [2.24, 2.45) is 0 Å². The molecule has 1 aliphatic heterocycles. The van der Waals surface area contributed by atoms with Gasteiger partial charge in [0.1, 0.15) is 0 Å². The quantitative estimate of drug-likeness (QED) is 0.586. The van der Waals surface area contributed by atoms with Gasteiger partial charge in [0, 0.05) is 18.4 Å². The van der Waals surface area contributed by atoms with E-state index in [1.807, 2.05) is 0 Å². The van der Waals surface area contributed by atoms with Gasteiger partial charge in [-0.05, 0) is 0 Å². The predicted octanol–water partition coefficient (Wildman–Crippen LogP) is 0.372. The zero-order chi connectivity index (χ0) is 7.68. The van der Waals surface area contributed by atoms with E-state index < -0.39 is 0 Å². The first-order valence-electron chi connectivity index (χ1n) is 3.68. The highest BCUT2D eigenvalue weighted by Crippen LogP contribution is 2.19. The monoisotopic (exact) mass is 154 g/mol. The van der Waals surface area contributed by atoms with E-state index in [-0.39, 0.29) is 0 Å². The molecule has 4 nitrogen and oxygen atoms in total. The van der Waals surface area contributed by atoms with Gasteiger partial charge >= 0.3 is 0 Å². The summed E-state index contributed by atoms with van der Waals surface area (Å²) in [5, 5.41) is 3.84. The molecule has 1 aromatic rings. The van der Waals surface area contributed by atoms with Crippen molar-refractivity contribution in [2.45, 2.75) is 12.8 Å². The fourth-order valence-corrected chi connectivity index (χ4v) is 1.27. The fourth-order valence-electron chi connectivity index (χ4n) is 1.27. The number of hydrogen-bond donors (Lipinski definition) is 1. The number of nitrogen functional groups attached to an aromatic ring is 1. The van der Waals surface area contributed by atoms with E-state index >= 15 is 0 Å². The lowest BCUT2D eigenvalue weighted by Crippen LogP contribution is -1.96. The summed E-state index contributed by atoms with van der Waals surface area (Å²) in [5.74, 6) is 0.450. The third-order valence-electron chi connectivity index (χ3n) is 1.88. The maximum absolute atomic E-state index is 5.55. The van der Waals surface area contributed by atoms with Crippen molar-refractivity contribution in [3.8, 4) is 0 Å². The largest absolute Gasteiger partial charge is 0.381 e. The Hall–Kier alpha value is -1.03. The summed E-state index contributed by atoms with van der Waals surface area (Å²) in [6.07, 6.45) is 1.64. The molecule has 4 heteroatoms. The second kappa shape index (κ2) is 2.54. The minimum Gasteiger partial charge on any atom is -0.381 e. The molecular formula is C7H10N2O2. The van der Waals surface area contributed by atoms with Gasteiger partial charge in [-0.2, -0.15) is 0 Å². The van der Waals surface area contributed by atoms with Crippen molar-refractivity contribution in [2.75, 3.05) is 18.9 Å². The zero-order valence-corrected chi connectivity index (χ0v) is 6.17. The smallest absolute Gasteiger partial charge is 0.225 e. The van der Waals surface area contributed by atoms with Gasteiger partial charge in [0.05, 0.1) is 18.9 Å². The van der Waals surface area contributed by atoms with Crippen LogP contribution < -0.4 is 5.73 Å². The number of hydrogen-bond acceptors (Lipinski definition) is 4. The van der Waals surface area contributed by atoms with E-state index in [9.17, 15) is 0 Å². The number of nitrogens with two attached hydrogens (primary N) is 1. The van der Waals surface area contributed by atoms with Crippen LogP contribution in [0, 0.1) is 0 Å². The van der Waals surface area contributed by atoms with Gasteiger partial charge in [-0.3, -0.25) is 0 Å². The van der Waals surface area contributed by atoms with Crippen molar-refractivity contribution in [3.05, 3.63) is 11.3 Å². The molecule has 2 rings (SSSR count). The first-order chi connectivity index (χ1) is 5.38. The Balaban J connectivity index is 2.35. The van der Waals surface area contributed by atoms with Crippen LogP contribution in [0.4, 0.5) is 5.88 Å². The van der Waals surface area contributed by atoms with Crippen LogP contribution in [0.1, 0.15) is 11.3 Å². The van der Waals surface area contributed by atoms with Gasteiger partial charge in [0.15, 0.2) is 0 Å². The van der Waals surface area contributed by atoms with Crippen LogP contribution in [0.2, 0.25) is 0 Å². The zero-order valence-electron chi connectivity index (χ0n) is 6.17. The van der Waals surface area contributed by atoms with Gasteiger partial charge in [-0.15, -0.1) is 0 Å². The molecule has 1 aliphatic rings. The van der Waals surface area contributed by atoms with Gasteiger partial charge in [0.25, 0.3) is 0 Å². The van der Waals surface area contributed by atoms with Crippen LogP contribution in [0.3, 0.4) is 0 Å². The molecule has 2 N–H and O–H groups in total. The van der Waals surface area contributed by atoms with E-state index in [2.05, 4.69) is 5.16 Å². The van der Waals surface area contributed by atoms with Gasteiger partial charge in [-0.1, -0.05) is 5.16 Å². The molecular weight excluding hydrogens is 144 g/mol. The van der Waals surface area contributed by atoms with E-state index in [0.29, 0.717) is 5.88 Å². The van der Waals surface area contributed by atoms with Crippen molar-refractivity contribution < 1.29 is 9.26 Å². The Morgan fingerprint density at radius 3 is 3.00 bits per heavy atom. The van der Waals surface area contributed by atoms with E-state index in [4.69, 9.17) is 15.0 Å². The second-order valence-corrected chi connectivity index (χ2v) is 2.58. The van der Waals surface area contributed by atoms with Crippen LogP contribution in [0.15, 0.2) is 4.52 Å². The highest BCUT2D eigenvalue weighted by molar-refractivity contribution is 5.39. The average Bonchev–Trinajstić information content (AvgIpc) is 2.25. The summed E-state index contributed by atoms with van der Waals surface area (Å²) in [6.45, 7) is 1.44. The molecule has 0 radical (unpaired) electrons. The third-order valence-corrected chi connectivity index (χ3v) is 1.88. The Morgan fingerprint density at radius 1 is 1.27 bits per heavy atom. The van der Waals surface area contributed by atoms with E-state index in [1.165, 1.54) is 0 Å². The molecule has 0 amide bonds. The lowest BCUT2D eigenvalue weighted by Gasteiger charge is -1.94. The van der Waals surface area contributed by atoms with Crippen molar-refractivity contribution in [3.63, 3.8) is 0 Å². The van der Waals surface area contributed by atoms with E-state index in [0.717, 1.165) is 37.3 Å². The van der Waals surface area contributed by atoms with Crippen LogP contribution in [0.5, 0.6) is 0 Å². The van der Waals surface area contributed by atoms with Crippen molar-refractivity contribution >= 4 is 5.88 Å². The molecule has 0 atom stereocenters. The molecule has 0 spiro atoms. The summed E-state index contributed by atoms with van der Waals surface area (Å²) >= 11 is 0. The lowest BCUT2D eigenvalue weighted by molar-refractivity contribution is 0.145. The standard InChI is InChI=1S/C7H10N2O2/c8-7-5-1-3-10-4-2-6(5)9-11-7/h1-4,8H2. The number of fused-ring (bicyclic) bond motifs is 1. The van der Waals surface area contributed by atoms with Crippen molar-refractivity contribution in [1.82, 2.24) is 5.16 Å². The second-order valence-electron chi connectivity index (χ2n) is 2.58. The number of rotatable bonds is 0. The normalized spacial score (nSPS) is 17.5. The summed E-state index contributed by atoms with van der Waals surface area (Å²) in [6, 6.07) is 0. The number of nitrogens with zero attached hydrogens (tertiary/aromatic N) is 1. The molecule has 0 bridgehead atoms. The van der Waals surface area contributed by atoms with Crippen LogP contribution >= 0.6 is 0 Å². The minimum absolute atomic E-state index is 0.450. The fraction of sp³-hybridized carbons (Fsp3) is 0.571. The molecule has 0 aliphatic carbocycles. The van der Waals surface area contributed by atoms with Crippen LogP contribution in [-0.2, 0) is 17.6 Å². The van der Waals surface area contributed by atoms with Gasteiger partial charge in [0.2, 0.25) is 5.88 Å². The minimum atomic E-state index is 0.450. The average molecular weight is 154 g/mol. The Bertz CT molecular complexity index is 257. The Morgan fingerprint density at radius 2 is 2.09 bits per heavy atom. The maximum Gasteiger partial charge on any atom is 0.225 e. The molecule has 0 saturated carbocycles. The molecule has 11 heavy (non-hydrogen) atoms. The van der Waals surface area contributed by atoms with Gasteiger partial charge in [-0.25, -0.2) is 0 Å². The maximum atomic E-state index is 5.55. The molecule has 0 aromatic carbocycles. The Kier molecular flexibility index (Phi) is 1.54. The Labute approximate surface area is 64.3 Å². The number of ether oxygens (including phenoxy) is 1. The molecule has 60 valence electrons. The predicted molar refractivity (Wildman–Crippen MR) is 39.1 cm³/mol. The first-order valence-corrected chi connectivity index (χ1v) is 3.68. The summed E-state index contributed by atoms with van der Waals surface area (Å²) in [4.78, 5) is 0. The molecule has 1 aromatic heterocycles. The molecule has 0 saturated heterocycles. The van der Waals surface area contributed by atoms with Crippen LogP contribution in [-0.4, -0.2) is 18.4 Å². The first kappa shape index (κ1) is 6.67. The molecule has 0 fully saturated rings. The van der Waals surface area contributed by atoms with Gasteiger partial charge < -0.3 is 15.0 Å². The summed E-state index contributed by atoms with van der Waals surface area (Å²) in [7, 11) is 0. The van der Waals surface area contributed by atoms with Crippen LogP contribution in [0.25, 0.3) is 0 Å². The SMILES string of the molecule is Nc1onc2c1CCOCC2. The third kappa shape index (κ3) is 1.09. The molecule has 0 unspecified atom stereocenters. The summed E-state index contributed by atoms with van der Waals surface area (Å²) in [5.41, 5.74) is 7.53. The number of anilines is 1. The molecule has 2 heterocycles. The highest BCUT2D eigenvalue weighted by Gasteiger charge is 2.15. The number of aromatic nitrogens is 1. The van der Waals surface area contributed by atoms with E-state index in [1.54, 1.807) is 0 Å². The van der Waals surface area contributed by atoms with Crippen molar-refractivity contribution in [1.29, 1.82) is 0 Å². The highest BCUT2D eigenvalue weighted by atomic mass is 16.5. The summed E-state index contributed by atoms with van der Waals surface area (Å²) < 4.78 is 10.1. The topological polar surface area (TPSA) is 61.3 Å². The lowest BCUT2D eigenvalue weighted by atomic mass is 10.1.